The summed E-state index contributed by atoms with van der Waals surface area (Å²) < 4.78 is 34.2. The molecule has 0 heterocycles. The van der Waals surface area contributed by atoms with Crippen molar-refractivity contribution in [2.45, 2.75) is 250 Å². The molecule has 1 atom stereocenters. The molecule has 0 aliphatic heterocycles. The van der Waals surface area contributed by atoms with Gasteiger partial charge in [-0.05, 0) is 12.8 Å². The number of rotatable bonds is 40. The largest absolute Gasteiger partial charge is 0.481 e. The molecule has 3 N–H and O–H groups in total. The zero-order valence-corrected chi connectivity index (χ0v) is 33.7. The van der Waals surface area contributed by atoms with E-state index in [4.69, 9.17) is 0 Å². The van der Waals surface area contributed by atoms with Crippen LogP contribution in [0.1, 0.15) is 245 Å². The van der Waals surface area contributed by atoms with Gasteiger partial charge in [0.05, 0.1) is 5.41 Å². The smallest absolute Gasteiger partial charge is 0.325 e. The Hall–Kier alpha value is -1.15. The van der Waals surface area contributed by atoms with Crippen LogP contribution in [-0.2, 0) is 19.7 Å². The molecule has 0 spiro atoms. The van der Waals surface area contributed by atoms with Crippen molar-refractivity contribution in [2.75, 3.05) is 0 Å². The highest BCUT2D eigenvalue weighted by Crippen LogP contribution is 2.39. The molecular weight excluding hydrogens is 649 g/mol. The lowest BCUT2D eigenvalue weighted by Crippen LogP contribution is -2.51. The van der Waals surface area contributed by atoms with Gasteiger partial charge in [0.25, 0.3) is 10.1 Å². The first kappa shape index (κ1) is 48.9. The summed E-state index contributed by atoms with van der Waals surface area (Å²) in [5.41, 5.74) is -2.02. The second-order valence-corrected chi connectivity index (χ2v) is 17.0. The highest BCUT2D eigenvalue weighted by molar-refractivity contribution is 7.87. The fourth-order valence-corrected chi connectivity index (χ4v) is 8.85. The minimum Gasteiger partial charge on any atom is -0.481 e. The van der Waals surface area contributed by atoms with Crippen molar-refractivity contribution in [1.82, 2.24) is 0 Å². The van der Waals surface area contributed by atoms with Crippen molar-refractivity contribution in [2.24, 2.45) is 5.41 Å². The average Bonchev–Trinajstić information content (AvgIpc) is 3.06. The Morgan fingerprint density at radius 3 is 0.780 bits per heavy atom. The lowest BCUT2D eigenvalue weighted by molar-refractivity contribution is -0.156. The summed E-state index contributed by atoms with van der Waals surface area (Å²) in [5, 5.41) is 17.7. The van der Waals surface area contributed by atoms with Gasteiger partial charge in [-0.2, -0.15) is 8.42 Å². The van der Waals surface area contributed by atoms with Crippen LogP contribution < -0.4 is 0 Å². The molecule has 0 amide bonds. The first-order chi connectivity index (χ1) is 24.1. The average molecular weight is 731 g/mol. The number of carbonyl (C=O) groups is 2. The van der Waals surface area contributed by atoms with Crippen LogP contribution in [0.25, 0.3) is 0 Å². The van der Waals surface area contributed by atoms with Gasteiger partial charge < -0.3 is 10.2 Å². The molecule has 8 heteroatoms. The van der Waals surface area contributed by atoms with Crippen molar-refractivity contribution < 1.29 is 32.8 Å². The first-order valence-electron chi connectivity index (χ1n) is 21.6. The van der Waals surface area contributed by atoms with Gasteiger partial charge in [-0.25, -0.2) is 0 Å². The van der Waals surface area contributed by atoms with Crippen LogP contribution in [0.5, 0.6) is 0 Å². The molecule has 0 radical (unpaired) electrons. The van der Waals surface area contributed by atoms with Gasteiger partial charge in [-0.3, -0.25) is 14.1 Å². The van der Waals surface area contributed by atoms with E-state index in [0.717, 1.165) is 51.4 Å². The van der Waals surface area contributed by atoms with Crippen LogP contribution >= 0.6 is 0 Å². The summed E-state index contributed by atoms with van der Waals surface area (Å²) in [4.78, 5) is 24.6. The molecule has 0 fully saturated rings. The van der Waals surface area contributed by atoms with E-state index in [1.54, 1.807) is 0 Å². The monoisotopic (exact) mass is 731 g/mol. The Bertz CT molecular complexity index is 851. The molecule has 0 aliphatic carbocycles. The molecule has 0 saturated carbocycles. The van der Waals surface area contributed by atoms with E-state index in [0.29, 0.717) is 12.8 Å². The van der Waals surface area contributed by atoms with Crippen molar-refractivity contribution in [3.8, 4) is 0 Å². The van der Waals surface area contributed by atoms with Crippen LogP contribution in [0, 0.1) is 5.41 Å². The van der Waals surface area contributed by atoms with Crippen LogP contribution in [0.3, 0.4) is 0 Å². The summed E-state index contributed by atoms with van der Waals surface area (Å²) in [5.74, 6) is -3.22. The van der Waals surface area contributed by atoms with Crippen molar-refractivity contribution in [3.63, 3.8) is 0 Å². The molecule has 50 heavy (non-hydrogen) atoms. The molecule has 0 saturated heterocycles. The Labute approximate surface area is 309 Å². The summed E-state index contributed by atoms with van der Waals surface area (Å²) in [7, 11) is -5.09. The molecule has 0 aromatic heterocycles. The predicted octanol–water partition coefficient (Wildman–Crippen LogP) is 13.5. The summed E-state index contributed by atoms with van der Waals surface area (Å²) >= 11 is 0. The Kier molecular flexibility index (Phi) is 32.9. The molecule has 1 unspecified atom stereocenters. The maximum Gasteiger partial charge on any atom is 0.325 e. The second kappa shape index (κ2) is 33.7. The molecule has 7 nitrogen and oxygen atoms in total. The zero-order chi connectivity index (χ0) is 37.2. The van der Waals surface area contributed by atoms with Gasteiger partial charge in [0, 0.05) is 0 Å². The molecule has 0 aromatic rings. The third-order valence-electron chi connectivity index (χ3n) is 10.9. The topological polar surface area (TPSA) is 129 Å². The maximum atomic E-state index is 12.6. The Morgan fingerprint density at radius 1 is 0.420 bits per heavy atom. The molecular formula is C42H82O7S. The van der Waals surface area contributed by atoms with E-state index in [9.17, 15) is 32.8 Å². The minimum absolute atomic E-state index is 0.0590. The number of carboxylic acids is 2. The van der Waals surface area contributed by atoms with Crippen LogP contribution in [0.2, 0.25) is 0 Å². The SMILES string of the molecule is CCCCCCCCCCCCCCCCCCCC(CCCCCCCCCCCCCCCCCCC)(C(=O)O)C(C(=O)O)S(=O)(=O)O. The fourth-order valence-electron chi connectivity index (χ4n) is 7.69. The van der Waals surface area contributed by atoms with Crippen molar-refractivity contribution in [3.05, 3.63) is 0 Å². The third-order valence-corrected chi connectivity index (χ3v) is 12.2. The second-order valence-electron chi connectivity index (χ2n) is 15.5. The highest BCUT2D eigenvalue weighted by atomic mass is 32.2. The van der Waals surface area contributed by atoms with Crippen molar-refractivity contribution in [1.29, 1.82) is 0 Å². The molecule has 0 bridgehead atoms. The van der Waals surface area contributed by atoms with E-state index in [1.165, 1.54) is 154 Å². The molecule has 0 aromatic carbocycles. The van der Waals surface area contributed by atoms with Gasteiger partial charge in [-0.1, -0.05) is 232 Å². The third kappa shape index (κ3) is 26.6. The first-order valence-corrected chi connectivity index (χ1v) is 23.1. The zero-order valence-electron chi connectivity index (χ0n) is 32.9. The normalized spacial score (nSPS) is 12.8. The highest BCUT2D eigenvalue weighted by Gasteiger charge is 2.55. The standard InChI is InChI=1S/C42H82O7S/c1-3-5-7-9-11-13-15-17-19-21-23-25-27-29-31-33-35-37-42(41(45)46,39(40(43)44)50(47,48)49)38-36-34-32-30-28-26-24-22-20-18-16-14-12-10-8-6-4-2/h39H,3-38H2,1-2H3,(H,43,44)(H,45,46)(H,47,48,49). The summed E-state index contributed by atoms with van der Waals surface area (Å²) in [6.45, 7) is 4.51. The van der Waals surface area contributed by atoms with Gasteiger partial charge >= 0.3 is 11.9 Å². The lowest BCUT2D eigenvalue weighted by Gasteiger charge is -2.33. The fraction of sp³-hybridized carbons (Fsp3) is 0.952. The van der Waals surface area contributed by atoms with Gasteiger partial charge in [0.1, 0.15) is 0 Å². The van der Waals surface area contributed by atoms with Crippen LogP contribution in [0.4, 0.5) is 0 Å². The number of hydrogen-bond acceptors (Lipinski definition) is 4. The lowest BCUT2D eigenvalue weighted by atomic mass is 9.74. The van der Waals surface area contributed by atoms with Gasteiger partial charge in [-0.15, -0.1) is 0 Å². The summed E-state index contributed by atoms with van der Waals surface area (Å²) in [6.07, 6.45) is 40.1. The van der Waals surface area contributed by atoms with Gasteiger partial charge in [0.2, 0.25) is 0 Å². The molecule has 0 rings (SSSR count). The summed E-state index contributed by atoms with van der Waals surface area (Å²) in [6, 6.07) is 0. The Balaban J connectivity index is 4.33. The number of hydrogen-bond donors (Lipinski definition) is 3. The Morgan fingerprint density at radius 2 is 0.620 bits per heavy atom. The van der Waals surface area contributed by atoms with Crippen LogP contribution in [-0.4, -0.2) is 40.4 Å². The van der Waals surface area contributed by atoms with E-state index >= 15 is 0 Å². The number of unbranched alkanes of at least 4 members (excludes halogenated alkanes) is 32. The van der Waals surface area contributed by atoms with Crippen LogP contribution in [0.15, 0.2) is 0 Å². The van der Waals surface area contributed by atoms with E-state index in [1.807, 2.05) is 0 Å². The predicted molar refractivity (Wildman–Crippen MR) is 211 cm³/mol. The number of carboxylic acid groups (broad SMARTS) is 2. The van der Waals surface area contributed by atoms with Gasteiger partial charge in [0.15, 0.2) is 5.25 Å². The number of aliphatic carboxylic acids is 2. The van der Waals surface area contributed by atoms with E-state index in [-0.39, 0.29) is 12.8 Å². The molecule has 298 valence electrons. The van der Waals surface area contributed by atoms with Crippen molar-refractivity contribution >= 4 is 22.1 Å². The van der Waals surface area contributed by atoms with E-state index in [2.05, 4.69) is 13.8 Å². The van der Waals surface area contributed by atoms with E-state index < -0.39 is 32.7 Å². The molecule has 0 aliphatic rings. The maximum absolute atomic E-state index is 12.6. The minimum atomic E-state index is -5.09. The quantitative estimate of drug-likeness (QED) is 0.0423.